The van der Waals surface area contributed by atoms with Gasteiger partial charge in [0.25, 0.3) is 0 Å². The lowest BCUT2D eigenvalue weighted by Gasteiger charge is -2.09. The Balaban J connectivity index is 3.11. The minimum Gasteiger partial charge on any atom is -0.462 e. The summed E-state index contributed by atoms with van der Waals surface area (Å²) in [6.07, 6.45) is 0. The summed E-state index contributed by atoms with van der Waals surface area (Å²) in [6.45, 7) is 5.99. The molecule has 0 aliphatic heterocycles. The van der Waals surface area contributed by atoms with E-state index in [1.165, 1.54) is 0 Å². The van der Waals surface area contributed by atoms with Gasteiger partial charge >= 0.3 is 5.97 Å². The SMILES string of the molecule is CCOC(=O)c1ccc(C)c(C)c1N. The molecule has 3 nitrogen and oxygen atoms in total. The molecule has 0 atom stereocenters. The number of rotatable bonds is 2. The molecular formula is C11H15NO2. The van der Waals surface area contributed by atoms with E-state index in [0.29, 0.717) is 17.9 Å². The zero-order chi connectivity index (χ0) is 10.7. The van der Waals surface area contributed by atoms with E-state index in [9.17, 15) is 4.79 Å². The van der Waals surface area contributed by atoms with Crippen LogP contribution < -0.4 is 5.73 Å². The Morgan fingerprint density at radius 3 is 2.64 bits per heavy atom. The summed E-state index contributed by atoms with van der Waals surface area (Å²) in [5.41, 5.74) is 8.80. The van der Waals surface area contributed by atoms with Gasteiger partial charge in [-0.25, -0.2) is 4.79 Å². The molecule has 0 aliphatic carbocycles. The number of carbonyl (C=O) groups is 1. The number of anilines is 1. The number of esters is 1. The van der Waals surface area contributed by atoms with Crippen molar-refractivity contribution < 1.29 is 9.53 Å². The van der Waals surface area contributed by atoms with Crippen molar-refractivity contribution >= 4 is 11.7 Å². The van der Waals surface area contributed by atoms with Crippen LogP contribution in [0, 0.1) is 13.8 Å². The lowest BCUT2D eigenvalue weighted by atomic mass is 10.0. The second-order valence-electron chi connectivity index (χ2n) is 3.19. The van der Waals surface area contributed by atoms with E-state index >= 15 is 0 Å². The smallest absolute Gasteiger partial charge is 0.340 e. The number of benzene rings is 1. The average molecular weight is 193 g/mol. The summed E-state index contributed by atoms with van der Waals surface area (Å²) in [7, 11) is 0. The van der Waals surface area contributed by atoms with Crippen molar-refractivity contribution in [2.24, 2.45) is 0 Å². The zero-order valence-corrected chi connectivity index (χ0v) is 8.76. The first-order valence-corrected chi connectivity index (χ1v) is 4.60. The van der Waals surface area contributed by atoms with Gasteiger partial charge in [-0.05, 0) is 38.0 Å². The third kappa shape index (κ3) is 1.87. The summed E-state index contributed by atoms with van der Waals surface area (Å²) >= 11 is 0. The maximum absolute atomic E-state index is 11.4. The quantitative estimate of drug-likeness (QED) is 0.577. The molecule has 1 aromatic rings. The number of aryl methyl sites for hydroxylation is 1. The molecule has 0 unspecified atom stereocenters. The second kappa shape index (κ2) is 4.13. The molecule has 2 N–H and O–H groups in total. The van der Waals surface area contributed by atoms with Crippen LogP contribution in [0.1, 0.15) is 28.4 Å². The van der Waals surface area contributed by atoms with Gasteiger partial charge in [0.15, 0.2) is 0 Å². The molecule has 76 valence electrons. The fraction of sp³-hybridized carbons (Fsp3) is 0.364. The van der Waals surface area contributed by atoms with E-state index in [2.05, 4.69) is 0 Å². The number of nitrogens with two attached hydrogens (primary N) is 1. The number of hydrogen-bond acceptors (Lipinski definition) is 3. The van der Waals surface area contributed by atoms with Crippen molar-refractivity contribution in [2.45, 2.75) is 20.8 Å². The molecule has 0 aliphatic rings. The number of hydrogen-bond donors (Lipinski definition) is 1. The van der Waals surface area contributed by atoms with Crippen molar-refractivity contribution in [3.8, 4) is 0 Å². The van der Waals surface area contributed by atoms with Crippen LogP contribution in [0.15, 0.2) is 12.1 Å². The number of ether oxygens (including phenoxy) is 1. The largest absolute Gasteiger partial charge is 0.462 e. The van der Waals surface area contributed by atoms with Crippen LogP contribution in [-0.4, -0.2) is 12.6 Å². The standard InChI is InChI=1S/C11H15NO2/c1-4-14-11(13)9-6-5-7(2)8(3)10(9)12/h5-6H,4,12H2,1-3H3. The van der Waals surface area contributed by atoms with Gasteiger partial charge in [-0.2, -0.15) is 0 Å². The zero-order valence-electron chi connectivity index (χ0n) is 8.76. The van der Waals surface area contributed by atoms with Crippen molar-refractivity contribution in [3.05, 3.63) is 28.8 Å². The molecule has 14 heavy (non-hydrogen) atoms. The second-order valence-corrected chi connectivity index (χ2v) is 3.19. The molecule has 0 heterocycles. The molecule has 0 saturated carbocycles. The van der Waals surface area contributed by atoms with E-state index in [0.717, 1.165) is 11.1 Å². The van der Waals surface area contributed by atoms with Crippen LogP contribution in [0.5, 0.6) is 0 Å². The van der Waals surface area contributed by atoms with Crippen LogP contribution in [-0.2, 0) is 4.74 Å². The molecule has 0 fully saturated rings. The van der Waals surface area contributed by atoms with Crippen molar-refractivity contribution in [3.63, 3.8) is 0 Å². The van der Waals surface area contributed by atoms with E-state index in [4.69, 9.17) is 10.5 Å². The lowest BCUT2D eigenvalue weighted by molar-refractivity contribution is 0.0527. The van der Waals surface area contributed by atoms with E-state index < -0.39 is 0 Å². The summed E-state index contributed by atoms with van der Waals surface area (Å²) in [4.78, 5) is 11.4. The number of nitrogen functional groups attached to an aromatic ring is 1. The lowest BCUT2D eigenvalue weighted by Crippen LogP contribution is -2.09. The molecule has 0 radical (unpaired) electrons. The summed E-state index contributed by atoms with van der Waals surface area (Å²) in [6, 6.07) is 3.58. The molecule has 3 heteroatoms. The molecule has 0 saturated heterocycles. The summed E-state index contributed by atoms with van der Waals surface area (Å²) < 4.78 is 4.88. The van der Waals surface area contributed by atoms with Gasteiger partial charge in [-0.3, -0.25) is 0 Å². The van der Waals surface area contributed by atoms with Gasteiger partial charge in [0.2, 0.25) is 0 Å². The fourth-order valence-corrected chi connectivity index (χ4v) is 1.22. The van der Waals surface area contributed by atoms with Crippen LogP contribution in [0.25, 0.3) is 0 Å². The Hall–Kier alpha value is -1.51. The van der Waals surface area contributed by atoms with Gasteiger partial charge in [0.05, 0.1) is 12.2 Å². The molecular weight excluding hydrogens is 178 g/mol. The first-order chi connectivity index (χ1) is 6.57. The van der Waals surface area contributed by atoms with Crippen molar-refractivity contribution in [1.29, 1.82) is 0 Å². The molecule has 0 spiro atoms. The van der Waals surface area contributed by atoms with Crippen molar-refractivity contribution in [1.82, 2.24) is 0 Å². The monoisotopic (exact) mass is 193 g/mol. The van der Waals surface area contributed by atoms with E-state index in [-0.39, 0.29) is 5.97 Å². The maximum Gasteiger partial charge on any atom is 0.340 e. The average Bonchev–Trinajstić information content (AvgIpc) is 2.15. The minimum atomic E-state index is -0.354. The Bertz CT molecular complexity index is 359. The molecule has 0 amide bonds. The predicted octanol–water partition coefficient (Wildman–Crippen LogP) is 2.06. The van der Waals surface area contributed by atoms with Gasteiger partial charge in [-0.15, -0.1) is 0 Å². The highest BCUT2D eigenvalue weighted by molar-refractivity contribution is 5.96. The van der Waals surface area contributed by atoms with Crippen molar-refractivity contribution in [2.75, 3.05) is 12.3 Å². The Kier molecular flexibility index (Phi) is 3.12. The maximum atomic E-state index is 11.4. The summed E-state index contributed by atoms with van der Waals surface area (Å²) in [5, 5.41) is 0. The van der Waals surface area contributed by atoms with Gasteiger partial charge in [0.1, 0.15) is 0 Å². The van der Waals surface area contributed by atoms with E-state index in [1.54, 1.807) is 13.0 Å². The Morgan fingerprint density at radius 2 is 2.07 bits per heavy atom. The first kappa shape index (κ1) is 10.6. The molecule has 1 aromatic carbocycles. The van der Waals surface area contributed by atoms with Gasteiger partial charge in [0, 0.05) is 5.69 Å². The molecule has 0 aromatic heterocycles. The van der Waals surface area contributed by atoms with Gasteiger partial charge < -0.3 is 10.5 Å². The third-order valence-corrected chi connectivity index (χ3v) is 2.28. The minimum absolute atomic E-state index is 0.354. The number of carbonyl (C=O) groups excluding carboxylic acids is 1. The van der Waals surface area contributed by atoms with Gasteiger partial charge in [-0.1, -0.05) is 6.07 Å². The highest BCUT2D eigenvalue weighted by atomic mass is 16.5. The third-order valence-electron chi connectivity index (χ3n) is 2.28. The Labute approximate surface area is 83.9 Å². The molecule has 1 rings (SSSR count). The van der Waals surface area contributed by atoms with Crippen LogP contribution in [0.3, 0.4) is 0 Å². The van der Waals surface area contributed by atoms with Crippen LogP contribution in [0.2, 0.25) is 0 Å². The van der Waals surface area contributed by atoms with Crippen LogP contribution in [0.4, 0.5) is 5.69 Å². The van der Waals surface area contributed by atoms with E-state index in [1.807, 2.05) is 19.9 Å². The highest BCUT2D eigenvalue weighted by Gasteiger charge is 2.12. The highest BCUT2D eigenvalue weighted by Crippen LogP contribution is 2.20. The first-order valence-electron chi connectivity index (χ1n) is 4.60. The molecule has 0 bridgehead atoms. The normalized spacial score (nSPS) is 9.93. The topological polar surface area (TPSA) is 52.3 Å². The predicted molar refractivity (Wildman–Crippen MR) is 56.3 cm³/mol. The Morgan fingerprint density at radius 1 is 1.43 bits per heavy atom. The summed E-state index contributed by atoms with van der Waals surface area (Å²) in [5.74, 6) is -0.354. The fourth-order valence-electron chi connectivity index (χ4n) is 1.22. The van der Waals surface area contributed by atoms with Crippen LogP contribution >= 0.6 is 0 Å².